The average Bonchev–Trinajstić information content (AvgIpc) is 2.66. The first-order valence-electron chi connectivity index (χ1n) is 8.33. The van der Waals surface area contributed by atoms with Crippen molar-refractivity contribution in [3.05, 3.63) is 34.7 Å². The van der Waals surface area contributed by atoms with Crippen molar-refractivity contribution < 1.29 is 33.6 Å². The van der Waals surface area contributed by atoms with Crippen LogP contribution in [-0.2, 0) is 14.8 Å². The SMILES string of the molecule is CN(C)c1ccc(/C=C(\C#N)S(=O)(=O)NC[C@H]2OC(O)[C@H](O)[C@@H](O)[C@@H]2O)cc1. The molecule has 28 heavy (non-hydrogen) atoms. The maximum atomic E-state index is 12.4. The Hall–Kier alpha value is -2.04. The Balaban J connectivity index is 2.12. The van der Waals surface area contributed by atoms with E-state index in [2.05, 4.69) is 4.72 Å². The third-order valence-corrected chi connectivity index (χ3v) is 5.60. The molecule has 1 aromatic rings. The maximum Gasteiger partial charge on any atom is 0.250 e. The van der Waals surface area contributed by atoms with Crippen molar-refractivity contribution in [2.75, 3.05) is 25.5 Å². The van der Waals surface area contributed by atoms with E-state index in [9.17, 15) is 34.1 Å². The van der Waals surface area contributed by atoms with Gasteiger partial charge in [0, 0.05) is 26.3 Å². The van der Waals surface area contributed by atoms with Crippen LogP contribution in [-0.4, -0.2) is 80.2 Å². The van der Waals surface area contributed by atoms with Crippen LogP contribution in [0.5, 0.6) is 0 Å². The van der Waals surface area contributed by atoms with Crippen LogP contribution in [0.1, 0.15) is 5.56 Å². The minimum absolute atomic E-state index is 0.496. The Morgan fingerprint density at radius 3 is 2.32 bits per heavy atom. The first kappa shape index (κ1) is 22.3. The van der Waals surface area contributed by atoms with Crippen LogP contribution in [0.4, 0.5) is 5.69 Å². The lowest BCUT2D eigenvalue weighted by Crippen LogP contribution is -2.59. The van der Waals surface area contributed by atoms with Gasteiger partial charge in [0.2, 0.25) is 0 Å². The number of nitriles is 1. The number of aliphatic hydroxyl groups is 4. The summed E-state index contributed by atoms with van der Waals surface area (Å²) in [6.45, 7) is -0.525. The number of nitrogens with one attached hydrogen (secondary N) is 1. The summed E-state index contributed by atoms with van der Waals surface area (Å²) in [7, 11) is -0.534. The van der Waals surface area contributed by atoms with Crippen molar-refractivity contribution in [2.24, 2.45) is 0 Å². The van der Waals surface area contributed by atoms with Crippen LogP contribution in [0.2, 0.25) is 0 Å². The molecule has 0 radical (unpaired) electrons. The molecule has 0 bridgehead atoms. The number of ether oxygens (including phenoxy) is 1. The summed E-state index contributed by atoms with van der Waals surface area (Å²) in [5.41, 5.74) is 1.40. The Labute approximate surface area is 163 Å². The number of anilines is 1. The smallest absolute Gasteiger partial charge is 0.250 e. The monoisotopic (exact) mass is 413 g/mol. The Morgan fingerprint density at radius 2 is 1.79 bits per heavy atom. The minimum Gasteiger partial charge on any atom is -0.388 e. The van der Waals surface area contributed by atoms with E-state index in [1.54, 1.807) is 30.3 Å². The van der Waals surface area contributed by atoms with E-state index in [0.717, 1.165) is 5.69 Å². The van der Waals surface area contributed by atoms with Gasteiger partial charge in [0.15, 0.2) is 11.2 Å². The fraction of sp³-hybridized carbons (Fsp3) is 0.471. The molecule has 1 aromatic carbocycles. The van der Waals surface area contributed by atoms with Gasteiger partial charge in [-0.3, -0.25) is 0 Å². The molecule has 10 nitrogen and oxygen atoms in total. The summed E-state index contributed by atoms with van der Waals surface area (Å²) in [5.74, 6) is 0. The molecule has 0 amide bonds. The van der Waals surface area contributed by atoms with Crippen LogP contribution in [0.3, 0.4) is 0 Å². The molecule has 1 unspecified atom stereocenters. The molecule has 1 fully saturated rings. The van der Waals surface area contributed by atoms with Crippen LogP contribution < -0.4 is 9.62 Å². The topological polar surface area (TPSA) is 163 Å². The fourth-order valence-corrected chi connectivity index (χ4v) is 3.51. The third kappa shape index (κ3) is 5.06. The molecule has 11 heteroatoms. The molecular formula is C17H23N3O7S. The van der Waals surface area contributed by atoms with Crippen molar-refractivity contribution >= 4 is 21.8 Å². The van der Waals surface area contributed by atoms with E-state index in [1.807, 2.05) is 19.0 Å². The van der Waals surface area contributed by atoms with E-state index in [-0.39, 0.29) is 0 Å². The van der Waals surface area contributed by atoms with Gasteiger partial charge in [-0.1, -0.05) is 12.1 Å². The van der Waals surface area contributed by atoms with Gasteiger partial charge in [0.1, 0.15) is 30.5 Å². The van der Waals surface area contributed by atoms with Crippen molar-refractivity contribution in [3.8, 4) is 6.07 Å². The van der Waals surface area contributed by atoms with Gasteiger partial charge >= 0.3 is 0 Å². The average molecular weight is 413 g/mol. The van der Waals surface area contributed by atoms with Gasteiger partial charge in [0.05, 0.1) is 0 Å². The second-order valence-corrected chi connectivity index (χ2v) is 8.23. The van der Waals surface area contributed by atoms with Crippen molar-refractivity contribution in [2.45, 2.75) is 30.7 Å². The lowest BCUT2D eigenvalue weighted by Gasteiger charge is -2.38. The molecule has 5 atom stereocenters. The summed E-state index contributed by atoms with van der Waals surface area (Å²) in [5, 5.41) is 47.7. The predicted octanol–water partition coefficient (Wildman–Crippen LogP) is -1.66. The Bertz CT molecular complexity index is 848. The largest absolute Gasteiger partial charge is 0.388 e. The van der Waals surface area contributed by atoms with Gasteiger partial charge in [0.25, 0.3) is 10.0 Å². The summed E-state index contributed by atoms with van der Waals surface area (Å²) >= 11 is 0. The van der Waals surface area contributed by atoms with E-state index < -0.39 is 52.2 Å². The number of aliphatic hydroxyl groups excluding tert-OH is 4. The lowest BCUT2D eigenvalue weighted by molar-refractivity contribution is -0.279. The second kappa shape index (κ2) is 8.97. The molecule has 0 aliphatic carbocycles. The van der Waals surface area contributed by atoms with Gasteiger partial charge in [-0.2, -0.15) is 5.26 Å². The molecule has 0 spiro atoms. The normalized spacial score (nSPS) is 28.6. The van der Waals surface area contributed by atoms with Crippen molar-refractivity contribution in [1.29, 1.82) is 5.26 Å². The van der Waals surface area contributed by atoms with Gasteiger partial charge in [-0.15, -0.1) is 0 Å². The molecular weight excluding hydrogens is 390 g/mol. The molecule has 5 N–H and O–H groups in total. The Morgan fingerprint density at radius 1 is 1.18 bits per heavy atom. The molecule has 1 aliphatic heterocycles. The van der Waals surface area contributed by atoms with Crippen molar-refractivity contribution in [1.82, 2.24) is 4.72 Å². The predicted molar refractivity (Wildman–Crippen MR) is 100 cm³/mol. The molecule has 154 valence electrons. The van der Waals surface area contributed by atoms with E-state index in [0.29, 0.717) is 5.56 Å². The van der Waals surface area contributed by atoms with Crippen molar-refractivity contribution in [3.63, 3.8) is 0 Å². The molecule has 2 rings (SSSR count). The number of nitrogens with zero attached hydrogens (tertiary/aromatic N) is 2. The summed E-state index contributed by atoms with van der Waals surface area (Å²) in [6, 6.07) is 8.45. The lowest BCUT2D eigenvalue weighted by atomic mass is 9.99. The van der Waals surface area contributed by atoms with Gasteiger partial charge in [-0.25, -0.2) is 13.1 Å². The van der Waals surface area contributed by atoms with Crippen LogP contribution in [0, 0.1) is 11.3 Å². The van der Waals surface area contributed by atoms with Crippen LogP contribution in [0.15, 0.2) is 29.2 Å². The number of hydrogen-bond donors (Lipinski definition) is 5. The maximum absolute atomic E-state index is 12.4. The fourth-order valence-electron chi connectivity index (χ4n) is 2.56. The number of hydrogen-bond acceptors (Lipinski definition) is 9. The first-order chi connectivity index (χ1) is 13.1. The highest BCUT2D eigenvalue weighted by Gasteiger charge is 2.43. The van der Waals surface area contributed by atoms with E-state index in [1.165, 1.54) is 6.08 Å². The van der Waals surface area contributed by atoms with Crippen LogP contribution in [0.25, 0.3) is 6.08 Å². The number of sulfonamides is 1. The summed E-state index contributed by atoms with van der Waals surface area (Å²) in [4.78, 5) is 1.31. The quantitative estimate of drug-likeness (QED) is 0.343. The number of benzene rings is 1. The molecule has 0 aromatic heterocycles. The summed E-state index contributed by atoms with van der Waals surface area (Å²) < 4.78 is 31.8. The van der Waals surface area contributed by atoms with E-state index in [4.69, 9.17) is 4.74 Å². The van der Waals surface area contributed by atoms with E-state index >= 15 is 0 Å². The van der Waals surface area contributed by atoms with Gasteiger partial charge < -0.3 is 30.1 Å². The zero-order valence-corrected chi connectivity index (χ0v) is 16.1. The van der Waals surface area contributed by atoms with Crippen LogP contribution >= 0.6 is 0 Å². The summed E-state index contributed by atoms with van der Waals surface area (Å²) in [6.07, 6.45) is -6.97. The highest BCUT2D eigenvalue weighted by atomic mass is 32.2. The zero-order valence-electron chi connectivity index (χ0n) is 15.3. The zero-order chi connectivity index (χ0) is 21.1. The second-order valence-electron chi connectivity index (χ2n) is 6.50. The third-order valence-electron chi connectivity index (χ3n) is 4.27. The minimum atomic E-state index is -4.25. The Kier molecular flexibility index (Phi) is 7.13. The first-order valence-corrected chi connectivity index (χ1v) is 9.81. The van der Waals surface area contributed by atoms with Gasteiger partial charge in [-0.05, 0) is 23.8 Å². The molecule has 1 saturated heterocycles. The molecule has 1 heterocycles. The standard InChI is InChI=1S/C17H23N3O7S/c1-20(2)11-5-3-10(4-6-11)7-12(8-18)28(25,26)19-9-13-14(21)15(22)16(23)17(24)27-13/h3-7,13-17,19,21-24H,9H2,1-2H3/b12-7+/t13-,14-,15+,16-,17?/m1/s1. The number of rotatable bonds is 6. The highest BCUT2D eigenvalue weighted by molar-refractivity contribution is 7.93. The number of allylic oxidation sites excluding steroid dienone is 1. The molecule has 0 saturated carbocycles. The molecule has 1 aliphatic rings. The highest BCUT2D eigenvalue weighted by Crippen LogP contribution is 2.20.